The lowest BCUT2D eigenvalue weighted by Gasteiger charge is -2.18. The summed E-state index contributed by atoms with van der Waals surface area (Å²) in [6.07, 6.45) is 8.41. The van der Waals surface area contributed by atoms with Gasteiger partial charge in [0.05, 0.1) is 5.57 Å². The standard InChI is InChI=1S/C17H30O4/c1-4-6-8-9-11-13-16(18)21-15(12-10-7-5-2)14(3)17(19)20/h15H,3-13H2,1-2H3,(H,19,20). The minimum atomic E-state index is -1.09. The summed E-state index contributed by atoms with van der Waals surface area (Å²) < 4.78 is 5.31. The van der Waals surface area contributed by atoms with Crippen LogP contribution >= 0.6 is 0 Å². The smallest absolute Gasteiger partial charge is 0.334 e. The molecule has 0 aromatic carbocycles. The van der Waals surface area contributed by atoms with E-state index in [0.717, 1.165) is 38.5 Å². The molecule has 4 nitrogen and oxygen atoms in total. The van der Waals surface area contributed by atoms with Crippen molar-refractivity contribution in [3.05, 3.63) is 12.2 Å². The largest absolute Gasteiger partial charge is 0.478 e. The third-order valence-electron chi connectivity index (χ3n) is 3.49. The first kappa shape index (κ1) is 19.7. The SMILES string of the molecule is C=C(C(=O)O)C(CCCCC)OC(=O)CCCCCCC. The van der Waals surface area contributed by atoms with Crippen LogP contribution in [0.4, 0.5) is 0 Å². The van der Waals surface area contributed by atoms with Crippen molar-refractivity contribution in [3.63, 3.8) is 0 Å². The van der Waals surface area contributed by atoms with Crippen LogP contribution in [-0.4, -0.2) is 23.1 Å². The lowest BCUT2D eigenvalue weighted by atomic mass is 10.0. The van der Waals surface area contributed by atoms with Gasteiger partial charge in [-0.05, 0) is 19.3 Å². The van der Waals surface area contributed by atoms with Crippen molar-refractivity contribution in [1.82, 2.24) is 0 Å². The van der Waals surface area contributed by atoms with E-state index in [4.69, 9.17) is 9.84 Å². The van der Waals surface area contributed by atoms with Gasteiger partial charge in [0, 0.05) is 6.42 Å². The van der Waals surface area contributed by atoms with Gasteiger partial charge in [-0.2, -0.15) is 0 Å². The Morgan fingerprint density at radius 3 is 2.14 bits per heavy atom. The van der Waals surface area contributed by atoms with E-state index in [2.05, 4.69) is 20.4 Å². The van der Waals surface area contributed by atoms with Gasteiger partial charge in [0.1, 0.15) is 6.10 Å². The van der Waals surface area contributed by atoms with Crippen molar-refractivity contribution in [3.8, 4) is 0 Å². The molecule has 0 aromatic rings. The fraction of sp³-hybridized carbons (Fsp3) is 0.765. The normalized spacial score (nSPS) is 11.9. The molecule has 0 amide bonds. The number of ether oxygens (including phenoxy) is 1. The van der Waals surface area contributed by atoms with Crippen LogP contribution in [0.5, 0.6) is 0 Å². The topological polar surface area (TPSA) is 63.6 Å². The van der Waals surface area contributed by atoms with Gasteiger partial charge in [0.2, 0.25) is 0 Å². The van der Waals surface area contributed by atoms with Crippen molar-refractivity contribution in [2.75, 3.05) is 0 Å². The van der Waals surface area contributed by atoms with Crippen LogP contribution in [0.15, 0.2) is 12.2 Å². The van der Waals surface area contributed by atoms with Gasteiger partial charge in [-0.3, -0.25) is 4.79 Å². The molecular formula is C17H30O4. The van der Waals surface area contributed by atoms with E-state index in [1.165, 1.54) is 12.8 Å². The zero-order chi connectivity index (χ0) is 16.1. The Hall–Kier alpha value is -1.32. The Morgan fingerprint density at radius 1 is 1.00 bits per heavy atom. The van der Waals surface area contributed by atoms with Crippen LogP contribution in [-0.2, 0) is 14.3 Å². The molecule has 0 bridgehead atoms. The van der Waals surface area contributed by atoms with E-state index >= 15 is 0 Å². The molecule has 0 saturated heterocycles. The Bertz CT molecular complexity index is 323. The number of aliphatic carboxylic acids is 1. The van der Waals surface area contributed by atoms with Gasteiger partial charge in [-0.1, -0.05) is 59.0 Å². The minimum absolute atomic E-state index is 0.0227. The zero-order valence-electron chi connectivity index (χ0n) is 13.5. The summed E-state index contributed by atoms with van der Waals surface area (Å²) in [5.41, 5.74) is -0.0227. The van der Waals surface area contributed by atoms with E-state index in [9.17, 15) is 9.59 Å². The summed E-state index contributed by atoms with van der Waals surface area (Å²) in [6.45, 7) is 7.75. The Balaban J connectivity index is 4.15. The molecule has 4 heteroatoms. The average molecular weight is 298 g/mol. The molecule has 0 aromatic heterocycles. The number of esters is 1. The highest BCUT2D eigenvalue weighted by Crippen LogP contribution is 2.16. The molecule has 0 heterocycles. The highest BCUT2D eigenvalue weighted by molar-refractivity contribution is 5.87. The number of carbonyl (C=O) groups is 2. The number of carboxylic acids is 1. The zero-order valence-corrected chi connectivity index (χ0v) is 13.5. The fourth-order valence-corrected chi connectivity index (χ4v) is 2.11. The first-order chi connectivity index (χ1) is 10.0. The second-order valence-electron chi connectivity index (χ2n) is 5.47. The molecule has 0 aliphatic carbocycles. The van der Waals surface area contributed by atoms with Crippen LogP contribution in [0.1, 0.15) is 78.1 Å². The number of unbranched alkanes of at least 4 members (excludes halogenated alkanes) is 6. The van der Waals surface area contributed by atoms with E-state index in [1.807, 2.05) is 0 Å². The maximum absolute atomic E-state index is 11.8. The van der Waals surface area contributed by atoms with E-state index in [1.54, 1.807) is 0 Å². The minimum Gasteiger partial charge on any atom is -0.478 e. The Morgan fingerprint density at radius 2 is 1.57 bits per heavy atom. The highest BCUT2D eigenvalue weighted by Gasteiger charge is 2.22. The number of hydrogen-bond donors (Lipinski definition) is 1. The number of hydrogen-bond acceptors (Lipinski definition) is 3. The number of carboxylic acid groups (broad SMARTS) is 1. The average Bonchev–Trinajstić information content (AvgIpc) is 2.45. The molecule has 0 aliphatic heterocycles. The third kappa shape index (κ3) is 10.1. The fourth-order valence-electron chi connectivity index (χ4n) is 2.11. The summed E-state index contributed by atoms with van der Waals surface area (Å²) in [4.78, 5) is 22.8. The second kappa shape index (κ2) is 12.4. The number of carbonyl (C=O) groups excluding carboxylic acids is 1. The van der Waals surface area contributed by atoms with Gasteiger partial charge in [-0.25, -0.2) is 4.79 Å². The van der Waals surface area contributed by atoms with Gasteiger partial charge in [0.15, 0.2) is 0 Å². The van der Waals surface area contributed by atoms with E-state index in [0.29, 0.717) is 12.8 Å². The summed E-state index contributed by atoms with van der Waals surface area (Å²) in [6, 6.07) is 0. The van der Waals surface area contributed by atoms with Gasteiger partial charge >= 0.3 is 11.9 Å². The molecule has 1 atom stereocenters. The molecule has 0 rings (SSSR count). The summed E-state index contributed by atoms with van der Waals surface area (Å²) >= 11 is 0. The monoisotopic (exact) mass is 298 g/mol. The summed E-state index contributed by atoms with van der Waals surface area (Å²) in [5, 5.41) is 9.00. The van der Waals surface area contributed by atoms with Gasteiger partial charge < -0.3 is 9.84 Å². The van der Waals surface area contributed by atoms with E-state index < -0.39 is 12.1 Å². The maximum atomic E-state index is 11.8. The molecule has 0 radical (unpaired) electrons. The highest BCUT2D eigenvalue weighted by atomic mass is 16.5. The van der Waals surface area contributed by atoms with Crippen LogP contribution in [0.25, 0.3) is 0 Å². The number of rotatable bonds is 13. The Kier molecular flexibility index (Phi) is 11.6. The molecule has 1 unspecified atom stereocenters. The van der Waals surface area contributed by atoms with Crippen LogP contribution < -0.4 is 0 Å². The molecule has 122 valence electrons. The first-order valence-electron chi connectivity index (χ1n) is 8.14. The molecule has 0 spiro atoms. The third-order valence-corrected chi connectivity index (χ3v) is 3.49. The first-order valence-corrected chi connectivity index (χ1v) is 8.14. The molecule has 0 aliphatic rings. The second-order valence-corrected chi connectivity index (χ2v) is 5.47. The molecule has 21 heavy (non-hydrogen) atoms. The van der Waals surface area contributed by atoms with Gasteiger partial charge in [-0.15, -0.1) is 0 Å². The van der Waals surface area contributed by atoms with Crippen molar-refractivity contribution in [2.45, 2.75) is 84.2 Å². The quantitative estimate of drug-likeness (QED) is 0.309. The molecule has 1 N–H and O–H groups in total. The van der Waals surface area contributed by atoms with Crippen LogP contribution in [0, 0.1) is 0 Å². The lowest BCUT2D eigenvalue weighted by Crippen LogP contribution is -2.24. The van der Waals surface area contributed by atoms with E-state index in [-0.39, 0.29) is 11.5 Å². The molecule has 0 saturated carbocycles. The summed E-state index contributed by atoms with van der Waals surface area (Å²) in [7, 11) is 0. The Labute approximate surface area is 128 Å². The predicted molar refractivity (Wildman–Crippen MR) is 84.2 cm³/mol. The summed E-state index contributed by atoms with van der Waals surface area (Å²) in [5.74, 6) is -1.40. The molecular weight excluding hydrogens is 268 g/mol. The van der Waals surface area contributed by atoms with Crippen molar-refractivity contribution in [2.24, 2.45) is 0 Å². The van der Waals surface area contributed by atoms with Crippen LogP contribution in [0.3, 0.4) is 0 Å². The van der Waals surface area contributed by atoms with Crippen molar-refractivity contribution in [1.29, 1.82) is 0 Å². The van der Waals surface area contributed by atoms with Gasteiger partial charge in [0.25, 0.3) is 0 Å². The lowest BCUT2D eigenvalue weighted by molar-refractivity contribution is -0.149. The molecule has 0 fully saturated rings. The van der Waals surface area contributed by atoms with Crippen molar-refractivity contribution >= 4 is 11.9 Å². The van der Waals surface area contributed by atoms with Crippen molar-refractivity contribution < 1.29 is 19.4 Å². The predicted octanol–water partition coefficient (Wildman–Crippen LogP) is 4.48. The maximum Gasteiger partial charge on any atom is 0.334 e. The van der Waals surface area contributed by atoms with Crippen LogP contribution in [0.2, 0.25) is 0 Å².